The highest BCUT2D eigenvalue weighted by molar-refractivity contribution is 9.10. The summed E-state index contributed by atoms with van der Waals surface area (Å²) >= 11 is 3.30. The summed E-state index contributed by atoms with van der Waals surface area (Å²) in [5.41, 5.74) is 6.71. The number of hydrogen-bond acceptors (Lipinski definition) is 4. The Kier molecular flexibility index (Phi) is 3.61. The first-order valence-electron chi connectivity index (χ1n) is 5.23. The largest absolute Gasteiger partial charge is 0.399 e. The third kappa shape index (κ3) is 2.86. The Bertz CT molecular complexity index is 560. The molecule has 0 atom stereocenters. The number of nitrogens with one attached hydrogen (secondary N) is 1. The second-order valence-corrected chi connectivity index (χ2v) is 4.73. The molecule has 1 aromatic carbocycles. The molecule has 7 heteroatoms. The number of carbonyl (C=O) groups excluding carboxylic acids is 1. The molecule has 0 fully saturated rings. The maximum atomic E-state index is 11.9. The normalized spacial score (nSPS) is 10.3. The van der Waals surface area contributed by atoms with E-state index in [2.05, 4.69) is 31.4 Å². The minimum absolute atomic E-state index is 0.203. The van der Waals surface area contributed by atoms with Gasteiger partial charge in [-0.2, -0.15) is 0 Å². The fourth-order valence-corrected chi connectivity index (χ4v) is 1.98. The van der Waals surface area contributed by atoms with E-state index in [1.54, 1.807) is 29.1 Å². The molecule has 0 unspecified atom stereocenters. The van der Waals surface area contributed by atoms with Crippen molar-refractivity contribution in [3.63, 3.8) is 0 Å². The van der Waals surface area contributed by atoms with Crippen LogP contribution in [-0.4, -0.2) is 20.7 Å². The molecule has 6 nitrogen and oxygen atoms in total. The summed E-state index contributed by atoms with van der Waals surface area (Å²) in [5, 5.41) is 10.4. The van der Waals surface area contributed by atoms with Gasteiger partial charge in [-0.25, -0.2) is 0 Å². The fraction of sp³-hybridized carbons (Fsp3) is 0.182. The van der Waals surface area contributed by atoms with Gasteiger partial charge in [0.05, 0.1) is 6.54 Å². The molecular weight excluding hydrogens is 298 g/mol. The van der Waals surface area contributed by atoms with Crippen molar-refractivity contribution in [2.24, 2.45) is 7.05 Å². The molecule has 1 heterocycles. The number of nitrogens with zero attached hydrogens (tertiary/aromatic N) is 3. The van der Waals surface area contributed by atoms with Gasteiger partial charge in [0, 0.05) is 22.8 Å². The molecule has 0 aliphatic heterocycles. The molecular formula is C11H12BrN5O. The van der Waals surface area contributed by atoms with Crippen LogP contribution in [0.2, 0.25) is 0 Å². The summed E-state index contributed by atoms with van der Waals surface area (Å²) in [7, 11) is 1.82. The Morgan fingerprint density at radius 2 is 2.28 bits per heavy atom. The van der Waals surface area contributed by atoms with E-state index in [1.165, 1.54) is 0 Å². The van der Waals surface area contributed by atoms with Crippen molar-refractivity contribution in [3.8, 4) is 0 Å². The summed E-state index contributed by atoms with van der Waals surface area (Å²) < 4.78 is 2.52. The van der Waals surface area contributed by atoms with Gasteiger partial charge in [0.1, 0.15) is 6.33 Å². The van der Waals surface area contributed by atoms with Crippen LogP contribution in [0.15, 0.2) is 29.0 Å². The van der Waals surface area contributed by atoms with Gasteiger partial charge in [0.2, 0.25) is 0 Å². The molecule has 0 saturated carbocycles. The van der Waals surface area contributed by atoms with Crippen LogP contribution in [0.5, 0.6) is 0 Å². The molecule has 1 aromatic heterocycles. The Morgan fingerprint density at radius 3 is 2.89 bits per heavy atom. The van der Waals surface area contributed by atoms with Crippen LogP contribution in [0.3, 0.4) is 0 Å². The SMILES string of the molecule is Cn1cnnc1CNC(=O)c1cc(N)cc(Br)c1. The highest BCUT2D eigenvalue weighted by Gasteiger charge is 2.08. The van der Waals surface area contributed by atoms with Gasteiger partial charge in [-0.15, -0.1) is 10.2 Å². The number of carbonyl (C=O) groups is 1. The average Bonchev–Trinajstić information content (AvgIpc) is 2.70. The van der Waals surface area contributed by atoms with Gasteiger partial charge in [-0.1, -0.05) is 15.9 Å². The van der Waals surface area contributed by atoms with E-state index in [-0.39, 0.29) is 5.91 Å². The van der Waals surface area contributed by atoms with Crippen LogP contribution < -0.4 is 11.1 Å². The molecule has 0 saturated heterocycles. The number of rotatable bonds is 3. The number of nitrogens with two attached hydrogens (primary N) is 1. The lowest BCUT2D eigenvalue weighted by atomic mass is 10.2. The Labute approximate surface area is 112 Å². The highest BCUT2D eigenvalue weighted by Crippen LogP contribution is 2.17. The second kappa shape index (κ2) is 5.18. The van der Waals surface area contributed by atoms with Crippen molar-refractivity contribution >= 4 is 27.5 Å². The van der Waals surface area contributed by atoms with Crippen LogP contribution in [0.25, 0.3) is 0 Å². The zero-order chi connectivity index (χ0) is 13.1. The first-order valence-corrected chi connectivity index (χ1v) is 6.02. The molecule has 0 radical (unpaired) electrons. The molecule has 94 valence electrons. The summed E-state index contributed by atoms with van der Waals surface area (Å²) in [6.45, 7) is 0.321. The number of benzene rings is 1. The molecule has 3 N–H and O–H groups in total. The molecule has 2 aromatic rings. The first kappa shape index (κ1) is 12.6. The van der Waals surface area contributed by atoms with Gasteiger partial charge >= 0.3 is 0 Å². The molecule has 0 aliphatic rings. The lowest BCUT2D eigenvalue weighted by molar-refractivity contribution is 0.0949. The van der Waals surface area contributed by atoms with Crippen LogP contribution in [-0.2, 0) is 13.6 Å². The van der Waals surface area contributed by atoms with Crippen LogP contribution in [0.4, 0.5) is 5.69 Å². The minimum atomic E-state index is -0.203. The second-order valence-electron chi connectivity index (χ2n) is 3.81. The van der Waals surface area contributed by atoms with Crippen molar-refractivity contribution in [2.45, 2.75) is 6.54 Å². The molecule has 18 heavy (non-hydrogen) atoms. The van der Waals surface area contributed by atoms with Gasteiger partial charge in [-0.05, 0) is 18.2 Å². The maximum absolute atomic E-state index is 11.9. The molecule has 0 spiro atoms. The van der Waals surface area contributed by atoms with Gasteiger partial charge in [-0.3, -0.25) is 4.79 Å². The monoisotopic (exact) mass is 309 g/mol. The number of anilines is 1. The summed E-state index contributed by atoms with van der Waals surface area (Å²) in [5.74, 6) is 0.484. The average molecular weight is 310 g/mol. The smallest absolute Gasteiger partial charge is 0.251 e. The van der Waals surface area contributed by atoms with E-state index in [0.717, 1.165) is 4.47 Å². The van der Waals surface area contributed by atoms with E-state index in [4.69, 9.17) is 5.73 Å². The maximum Gasteiger partial charge on any atom is 0.251 e. The third-order valence-electron chi connectivity index (χ3n) is 2.39. The number of nitrogen functional groups attached to an aromatic ring is 1. The van der Waals surface area contributed by atoms with E-state index in [0.29, 0.717) is 23.6 Å². The number of aromatic nitrogens is 3. The van der Waals surface area contributed by atoms with E-state index in [1.807, 2.05) is 7.05 Å². The van der Waals surface area contributed by atoms with Crippen molar-refractivity contribution in [2.75, 3.05) is 5.73 Å². The molecule has 2 rings (SSSR count). The van der Waals surface area contributed by atoms with Gasteiger partial charge in [0.15, 0.2) is 5.82 Å². The molecule has 1 amide bonds. The van der Waals surface area contributed by atoms with Crippen LogP contribution in [0, 0.1) is 0 Å². The first-order chi connectivity index (χ1) is 8.56. The lowest BCUT2D eigenvalue weighted by Crippen LogP contribution is -2.24. The van der Waals surface area contributed by atoms with Gasteiger partial charge < -0.3 is 15.6 Å². The Balaban J connectivity index is 2.06. The summed E-state index contributed by atoms with van der Waals surface area (Å²) in [6, 6.07) is 5.07. The van der Waals surface area contributed by atoms with Crippen molar-refractivity contribution in [1.29, 1.82) is 0 Å². The lowest BCUT2D eigenvalue weighted by Gasteiger charge is -2.06. The van der Waals surface area contributed by atoms with Crippen molar-refractivity contribution in [3.05, 3.63) is 40.4 Å². The number of aryl methyl sites for hydroxylation is 1. The minimum Gasteiger partial charge on any atom is -0.399 e. The summed E-state index contributed by atoms with van der Waals surface area (Å²) in [6.07, 6.45) is 1.58. The van der Waals surface area contributed by atoms with Crippen molar-refractivity contribution in [1.82, 2.24) is 20.1 Å². The quantitative estimate of drug-likeness (QED) is 0.831. The zero-order valence-electron chi connectivity index (χ0n) is 9.72. The van der Waals surface area contributed by atoms with Crippen LogP contribution in [0.1, 0.15) is 16.2 Å². The van der Waals surface area contributed by atoms with E-state index in [9.17, 15) is 4.79 Å². The standard InChI is InChI=1S/C11H12BrN5O/c1-17-6-15-16-10(17)5-14-11(18)7-2-8(12)4-9(13)3-7/h2-4,6H,5,13H2,1H3,(H,14,18). The number of amides is 1. The topological polar surface area (TPSA) is 85.8 Å². The molecule has 0 aliphatic carbocycles. The predicted molar refractivity (Wildman–Crippen MR) is 70.7 cm³/mol. The predicted octanol–water partition coefficient (Wildman–Crippen LogP) is 1.09. The molecule has 0 bridgehead atoms. The fourth-order valence-electron chi connectivity index (χ4n) is 1.47. The Hall–Kier alpha value is -1.89. The van der Waals surface area contributed by atoms with Gasteiger partial charge in [0.25, 0.3) is 5.91 Å². The number of hydrogen-bond donors (Lipinski definition) is 2. The number of halogens is 1. The van der Waals surface area contributed by atoms with E-state index >= 15 is 0 Å². The van der Waals surface area contributed by atoms with Crippen molar-refractivity contribution < 1.29 is 4.79 Å². The summed E-state index contributed by atoms with van der Waals surface area (Å²) in [4.78, 5) is 11.9. The highest BCUT2D eigenvalue weighted by atomic mass is 79.9. The van der Waals surface area contributed by atoms with Crippen LogP contribution >= 0.6 is 15.9 Å². The Morgan fingerprint density at radius 1 is 1.50 bits per heavy atom. The third-order valence-corrected chi connectivity index (χ3v) is 2.85. The van der Waals surface area contributed by atoms with E-state index < -0.39 is 0 Å². The zero-order valence-corrected chi connectivity index (χ0v) is 11.3.